The number of benzene rings is 3. The summed E-state index contributed by atoms with van der Waals surface area (Å²) < 4.78 is 28.7. The number of hydrogen-bond acceptors (Lipinski definition) is 5. The summed E-state index contributed by atoms with van der Waals surface area (Å²) in [6.07, 6.45) is 3.13. The molecule has 0 unspecified atom stereocenters. The molecule has 0 aliphatic heterocycles. The van der Waals surface area contributed by atoms with E-state index in [1.165, 1.54) is 30.3 Å². The maximum atomic E-state index is 14.6. The van der Waals surface area contributed by atoms with Crippen LogP contribution in [0.5, 0.6) is 0 Å². The Morgan fingerprint density at radius 1 is 1.05 bits per heavy atom. The van der Waals surface area contributed by atoms with Crippen LogP contribution in [0.15, 0.2) is 77.9 Å². The summed E-state index contributed by atoms with van der Waals surface area (Å²) in [5, 5.41) is 10.7. The van der Waals surface area contributed by atoms with Gasteiger partial charge in [-0.3, -0.25) is 9.59 Å². The number of carbonyl (C=O) groups excluding carboxylic acids is 1. The van der Waals surface area contributed by atoms with Crippen LogP contribution in [0.1, 0.15) is 33.2 Å². The molecule has 0 saturated heterocycles. The number of aryl methyl sites for hydroxylation is 1. The molecule has 38 heavy (non-hydrogen) atoms. The fraction of sp³-hybridized carbons (Fsp3) is 0.107. The third-order valence-electron chi connectivity index (χ3n) is 6.22. The van der Waals surface area contributed by atoms with Gasteiger partial charge in [0.25, 0.3) is 11.5 Å². The summed E-state index contributed by atoms with van der Waals surface area (Å²) in [5.41, 5.74) is 2.14. The molecule has 7 nitrogen and oxygen atoms in total. The molecular weight excluding hydrogens is 512 g/mol. The molecule has 0 bridgehead atoms. The molecule has 2 aromatic heterocycles. The predicted octanol–water partition coefficient (Wildman–Crippen LogP) is 5.18. The Morgan fingerprint density at radius 2 is 1.89 bits per heavy atom. The zero-order valence-electron chi connectivity index (χ0n) is 20.0. The van der Waals surface area contributed by atoms with Crippen LogP contribution in [0, 0.1) is 18.6 Å². The lowest BCUT2D eigenvalue weighted by Gasteiger charge is -2.19. The van der Waals surface area contributed by atoms with Crippen molar-refractivity contribution in [2.45, 2.75) is 12.8 Å². The van der Waals surface area contributed by atoms with Crippen LogP contribution in [0.25, 0.3) is 22.0 Å². The molecule has 0 aliphatic rings. The van der Waals surface area contributed by atoms with Gasteiger partial charge in [-0.15, -0.1) is 0 Å². The molecule has 0 spiro atoms. The zero-order valence-corrected chi connectivity index (χ0v) is 20.8. The minimum absolute atomic E-state index is 0.0729. The second-order valence-corrected chi connectivity index (χ2v) is 9.09. The van der Waals surface area contributed by atoms with Crippen molar-refractivity contribution in [1.82, 2.24) is 25.5 Å². The second-order valence-electron chi connectivity index (χ2n) is 8.68. The number of H-pyrrole nitrogens is 1. The van der Waals surface area contributed by atoms with E-state index in [9.17, 15) is 18.4 Å². The van der Waals surface area contributed by atoms with Crippen molar-refractivity contribution in [3.8, 4) is 11.1 Å². The van der Waals surface area contributed by atoms with E-state index in [1.807, 2.05) is 0 Å². The van der Waals surface area contributed by atoms with E-state index in [0.29, 0.717) is 11.1 Å². The minimum Gasteiger partial charge on any atom is -0.351 e. The van der Waals surface area contributed by atoms with Crippen LogP contribution < -0.4 is 10.9 Å². The van der Waals surface area contributed by atoms with Gasteiger partial charge in [0.15, 0.2) is 0 Å². The maximum absolute atomic E-state index is 14.6. The van der Waals surface area contributed by atoms with E-state index in [0.717, 1.165) is 11.1 Å². The van der Waals surface area contributed by atoms with Gasteiger partial charge < -0.3 is 10.3 Å². The number of rotatable bonds is 6. The molecule has 5 aromatic rings. The van der Waals surface area contributed by atoms with Gasteiger partial charge in [-0.1, -0.05) is 35.9 Å². The highest BCUT2D eigenvalue weighted by molar-refractivity contribution is 6.34. The molecular formula is C28H20ClF2N5O2. The number of nitrogens with one attached hydrogen (secondary N) is 2. The van der Waals surface area contributed by atoms with Crippen molar-refractivity contribution < 1.29 is 13.6 Å². The molecule has 1 atom stereocenters. The van der Waals surface area contributed by atoms with Gasteiger partial charge in [0.1, 0.15) is 23.0 Å². The van der Waals surface area contributed by atoms with Crippen molar-refractivity contribution in [2.24, 2.45) is 0 Å². The molecule has 3 aromatic carbocycles. The van der Waals surface area contributed by atoms with E-state index in [-0.39, 0.29) is 33.9 Å². The molecule has 190 valence electrons. The number of amides is 1. The quantitative estimate of drug-likeness (QED) is 0.314. The number of nitrogens with zero attached hydrogens (tertiary/aromatic N) is 3. The topological polar surface area (TPSA) is 101 Å². The summed E-state index contributed by atoms with van der Waals surface area (Å²) in [5.74, 6) is -2.34. The summed E-state index contributed by atoms with van der Waals surface area (Å²) in [4.78, 5) is 33.0. The van der Waals surface area contributed by atoms with Crippen LogP contribution in [-0.4, -0.2) is 32.6 Å². The van der Waals surface area contributed by atoms with Crippen LogP contribution in [0.3, 0.4) is 0 Å². The number of fused-ring (bicyclic) bond motifs is 1. The molecule has 0 saturated carbocycles. The summed E-state index contributed by atoms with van der Waals surface area (Å²) in [6.45, 7) is 1.61. The highest BCUT2D eigenvalue weighted by Gasteiger charge is 2.22. The molecule has 5 rings (SSSR count). The Bertz CT molecular complexity index is 1730. The van der Waals surface area contributed by atoms with Crippen LogP contribution in [-0.2, 0) is 0 Å². The lowest BCUT2D eigenvalue weighted by molar-refractivity contribution is 0.0952. The van der Waals surface area contributed by atoms with Crippen LogP contribution in [0.4, 0.5) is 8.78 Å². The number of aromatic amines is 1. The number of hydrogen-bond donors (Lipinski definition) is 2. The summed E-state index contributed by atoms with van der Waals surface area (Å²) >= 11 is 6.41. The van der Waals surface area contributed by atoms with Crippen molar-refractivity contribution in [1.29, 1.82) is 0 Å². The molecule has 0 aliphatic carbocycles. The molecule has 2 heterocycles. The lowest BCUT2D eigenvalue weighted by atomic mass is 9.97. The average molecular weight is 532 g/mol. The number of halogens is 3. The normalized spacial score (nSPS) is 11.9. The minimum atomic E-state index is -0.785. The fourth-order valence-electron chi connectivity index (χ4n) is 4.28. The first-order valence-corrected chi connectivity index (χ1v) is 12.0. The molecule has 0 fully saturated rings. The Balaban J connectivity index is 1.48. The third-order valence-corrected chi connectivity index (χ3v) is 6.53. The smallest absolute Gasteiger partial charge is 0.259 e. The first-order chi connectivity index (χ1) is 18.3. The van der Waals surface area contributed by atoms with Crippen molar-refractivity contribution >= 4 is 28.4 Å². The lowest BCUT2D eigenvalue weighted by Crippen LogP contribution is -2.31. The monoisotopic (exact) mass is 531 g/mol. The second kappa shape index (κ2) is 10.5. The first-order valence-electron chi connectivity index (χ1n) is 11.6. The molecule has 10 heteroatoms. The number of carbonyl (C=O) groups is 1. The standard InChI is InChI=1S/C28H20ClF2N5O2/c1-15-5-8-23(31)25-24(15)28(38)36-26(35-25)21(17-3-2-4-19(30)11-17)14-32-27(37)20-7-6-16(12-22(20)29)18-9-10-33-34-13-18/h2-13,21H,14H2,1H3,(H,32,37)(H,35,36,38)/t21-/m0/s1. The molecule has 0 radical (unpaired) electrons. The van der Waals surface area contributed by atoms with Gasteiger partial charge in [-0.25, -0.2) is 13.8 Å². The van der Waals surface area contributed by atoms with E-state index in [2.05, 4.69) is 25.5 Å². The Kier molecular flexibility index (Phi) is 6.93. The maximum Gasteiger partial charge on any atom is 0.259 e. The van der Waals surface area contributed by atoms with Gasteiger partial charge in [-0.05, 0) is 60.0 Å². The van der Waals surface area contributed by atoms with Gasteiger partial charge in [0.05, 0.1) is 34.3 Å². The Morgan fingerprint density at radius 3 is 2.63 bits per heavy atom. The summed E-state index contributed by atoms with van der Waals surface area (Å²) in [6, 6.07) is 15.2. The Hall–Kier alpha value is -4.50. The van der Waals surface area contributed by atoms with E-state index >= 15 is 0 Å². The van der Waals surface area contributed by atoms with Gasteiger partial charge in [-0.2, -0.15) is 10.2 Å². The molecule has 1 amide bonds. The van der Waals surface area contributed by atoms with E-state index in [4.69, 9.17) is 11.6 Å². The summed E-state index contributed by atoms with van der Waals surface area (Å²) in [7, 11) is 0. The van der Waals surface area contributed by atoms with E-state index < -0.39 is 29.0 Å². The van der Waals surface area contributed by atoms with Crippen LogP contribution >= 0.6 is 11.6 Å². The Labute approximate surface area is 220 Å². The van der Waals surface area contributed by atoms with Gasteiger partial charge in [0, 0.05) is 12.1 Å². The van der Waals surface area contributed by atoms with Crippen molar-refractivity contribution in [3.05, 3.63) is 123 Å². The molecule has 2 N–H and O–H groups in total. The van der Waals surface area contributed by atoms with Crippen molar-refractivity contribution in [3.63, 3.8) is 0 Å². The highest BCUT2D eigenvalue weighted by Crippen LogP contribution is 2.27. The van der Waals surface area contributed by atoms with Crippen LogP contribution in [0.2, 0.25) is 5.02 Å². The third kappa shape index (κ3) is 5.01. The van der Waals surface area contributed by atoms with Gasteiger partial charge >= 0.3 is 0 Å². The van der Waals surface area contributed by atoms with Gasteiger partial charge in [0.2, 0.25) is 0 Å². The highest BCUT2D eigenvalue weighted by atomic mass is 35.5. The first kappa shape index (κ1) is 25.2. The average Bonchev–Trinajstić information content (AvgIpc) is 2.91. The van der Waals surface area contributed by atoms with Crippen molar-refractivity contribution in [2.75, 3.05) is 6.54 Å². The SMILES string of the molecule is Cc1ccc(F)c2nc([C@@H](CNC(=O)c3ccc(-c4ccnnc4)cc3Cl)c3cccc(F)c3)[nH]c(=O)c12. The number of aromatic nitrogens is 4. The predicted molar refractivity (Wildman–Crippen MR) is 140 cm³/mol. The largest absolute Gasteiger partial charge is 0.351 e. The van der Waals surface area contributed by atoms with E-state index in [1.54, 1.807) is 49.6 Å². The fourth-order valence-corrected chi connectivity index (χ4v) is 4.55. The zero-order chi connectivity index (χ0) is 26.8.